The molecule has 1 aromatic carbocycles. The van der Waals surface area contributed by atoms with Crippen LogP contribution in [-0.2, 0) is 4.74 Å². The van der Waals surface area contributed by atoms with Crippen LogP contribution in [-0.4, -0.2) is 29.5 Å². The minimum absolute atomic E-state index is 0.0291. The number of carbonyl (C=O) groups excluding carboxylic acids is 1. The van der Waals surface area contributed by atoms with Gasteiger partial charge in [0.05, 0.1) is 11.5 Å². The first-order chi connectivity index (χ1) is 7.58. The van der Waals surface area contributed by atoms with E-state index in [1.807, 2.05) is 0 Å². The lowest BCUT2D eigenvalue weighted by molar-refractivity contribution is -0.384. The highest BCUT2D eigenvalue weighted by Crippen LogP contribution is 2.26. The van der Waals surface area contributed by atoms with Crippen LogP contribution in [0.15, 0.2) is 24.3 Å². The minimum Gasteiger partial charge on any atom is -0.439 e. The molecular weight excluding hydrogens is 212 g/mol. The van der Waals surface area contributed by atoms with Gasteiger partial charge in [0, 0.05) is 19.2 Å². The van der Waals surface area contributed by atoms with Gasteiger partial charge < -0.3 is 9.64 Å². The standard InChI is InChI=1S/C10H10N2O4/c1-11-6-9(16-10(11)13)7-2-4-8(5-3-7)12(14)15/h2-5,9H,6H2,1H3. The number of non-ortho nitro benzene ring substituents is 1. The molecule has 0 bridgehead atoms. The molecule has 0 aliphatic carbocycles. The summed E-state index contributed by atoms with van der Waals surface area (Å²) < 4.78 is 5.08. The zero-order valence-corrected chi connectivity index (χ0v) is 8.62. The van der Waals surface area contributed by atoms with E-state index in [-0.39, 0.29) is 17.9 Å². The summed E-state index contributed by atoms with van der Waals surface area (Å²) in [5.41, 5.74) is 0.796. The molecule has 0 N–H and O–H groups in total. The quantitative estimate of drug-likeness (QED) is 0.564. The van der Waals surface area contributed by atoms with E-state index in [4.69, 9.17) is 4.74 Å². The molecule has 1 fully saturated rings. The monoisotopic (exact) mass is 222 g/mol. The number of nitro benzene ring substituents is 1. The van der Waals surface area contributed by atoms with Crippen LogP contribution < -0.4 is 0 Å². The van der Waals surface area contributed by atoms with Crippen molar-refractivity contribution in [2.75, 3.05) is 13.6 Å². The number of hydrogen-bond donors (Lipinski definition) is 0. The van der Waals surface area contributed by atoms with Crippen molar-refractivity contribution >= 4 is 11.8 Å². The number of amides is 1. The first-order valence-corrected chi connectivity index (χ1v) is 4.74. The van der Waals surface area contributed by atoms with E-state index < -0.39 is 4.92 Å². The number of carbonyl (C=O) groups is 1. The average molecular weight is 222 g/mol. The zero-order valence-electron chi connectivity index (χ0n) is 8.62. The van der Waals surface area contributed by atoms with E-state index in [9.17, 15) is 14.9 Å². The van der Waals surface area contributed by atoms with Crippen LogP contribution in [0.1, 0.15) is 11.7 Å². The van der Waals surface area contributed by atoms with Gasteiger partial charge in [-0.1, -0.05) is 0 Å². The van der Waals surface area contributed by atoms with E-state index >= 15 is 0 Å². The van der Waals surface area contributed by atoms with Crippen LogP contribution in [0, 0.1) is 10.1 Å². The van der Waals surface area contributed by atoms with E-state index in [1.165, 1.54) is 17.0 Å². The molecule has 0 radical (unpaired) electrons. The largest absolute Gasteiger partial charge is 0.439 e. The Balaban J connectivity index is 2.17. The SMILES string of the molecule is CN1CC(c2ccc([N+](=O)[O-])cc2)OC1=O. The minimum atomic E-state index is -0.462. The summed E-state index contributed by atoms with van der Waals surface area (Å²) in [6.45, 7) is 0.469. The normalized spacial score (nSPS) is 19.7. The third kappa shape index (κ3) is 1.81. The number of rotatable bonds is 2. The zero-order chi connectivity index (χ0) is 11.7. The fraction of sp³-hybridized carbons (Fsp3) is 0.300. The molecule has 1 amide bonds. The van der Waals surface area contributed by atoms with Crippen molar-refractivity contribution in [2.45, 2.75) is 6.10 Å². The van der Waals surface area contributed by atoms with Crippen LogP contribution in [0.3, 0.4) is 0 Å². The third-order valence-corrected chi connectivity index (χ3v) is 2.47. The lowest BCUT2D eigenvalue weighted by Gasteiger charge is -2.07. The Bertz CT molecular complexity index is 429. The van der Waals surface area contributed by atoms with Crippen LogP contribution >= 0.6 is 0 Å². The molecule has 1 heterocycles. The number of cyclic esters (lactones) is 1. The van der Waals surface area contributed by atoms with Gasteiger partial charge in [-0.15, -0.1) is 0 Å². The number of likely N-dealkylation sites (N-methyl/N-ethyl adjacent to an activating group) is 1. The summed E-state index contributed by atoms with van der Waals surface area (Å²) in [4.78, 5) is 22.6. The Morgan fingerprint density at radius 1 is 1.44 bits per heavy atom. The summed E-state index contributed by atoms with van der Waals surface area (Å²) in [6, 6.07) is 6.02. The van der Waals surface area contributed by atoms with Crippen molar-refractivity contribution < 1.29 is 14.5 Å². The Morgan fingerprint density at radius 3 is 2.50 bits per heavy atom. The Kier molecular flexibility index (Phi) is 2.47. The Morgan fingerprint density at radius 2 is 2.06 bits per heavy atom. The lowest BCUT2D eigenvalue weighted by atomic mass is 10.1. The molecule has 1 aliphatic heterocycles. The predicted octanol–water partition coefficient (Wildman–Crippen LogP) is 1.72. The maximum absolute atomic E-state index is 11.1. The summed E-state index contributed by atoms with van der Waals surface area (Å²) in [5, 5.41) is 10.4. The van der Waals surface area contributed by atoms with Crippen LogP contribution in [0.25, 0.3) is 0 Å². The smallest absolute Gasteiger partial charge is 0.410 e. The van der Waals surface area contributed by atoms with Crippen molar-refractivity contribution in [3.8, 4) is 0 Å². The van der Waals surface area contributed by atoms with Crippen LogP contribution in [0.5, 0.6) is 0 Å². The molecule has 0 spiro atoms. The summed E-state index contributed by atoms with van der Waals surface area (Å²) in [7, 11) is 1.65. The summed E-state index contributed by atoms with van der Waals surface area (Å²) >= 11 is 0. The fourth-order valence-corrected chi connectivity index (χ4v) is 1.56. The van der Waals surface area contributed by atoms with E-state index in [0.717, 1.165) is 5.56 Å². The molecule has 1 atom stereocenters. The molecule has 6 nitrogen and oxygen atoms in total. The number of nitro groups is 1. The van der Waals surface area contributed by atoms with E-state index in [1.54, 1.807) is 19.2 Å². The van der Waals surface area contributed by atoms with Gasteiger partial charge in [-0.25, -0.2) is 4.79 Å². The van der Waals surface area contributed by atoms with Gasteiger partial charge in [0.15, 0.2) is 0 Å². The summed E-state index contributed by atoms with van der Waals surface area (Å²) in [5.74, 6) is 0. The van der Waals surface area contributed by atoms with Gasteiger partial charge in [-0.2, -0.15) is 0 Å². The molecule has 0 saturated carbocycles. The van der Waals surface area contributed by atoms with Crippen LogP contribution in [0.4, 0.5) is 10.5 Å². The van der Waals surface area contributed by atoms with Crippen LogP contribution in [0.2, 0.25) is 0 Å². The third-order valence-electron chi connectivity index (χ3n) is 2.47. The predicted molar refractivity (Wildman–Crippen MR) is 54.9 cm³/mol. The molecule has 1 saturated heterocycles. The molecule has 2 rings (SSSR count). The molecular formula is C10H10N2O4. The van der Waals surface area contributed by atoms with Crippen molar-refractivity contribution in [3.63, 3.8) is 0 Å². The second-order valence-electron chi connectivity index (χ2n) is 3.60. The van der Waals surface area contributed by atoms with Gasteiger partial charge in [0.1, 0.15) is 6.10 Å². The lowest BCUT2D eigenvalue weighted by Crippen LogP contribution is -2.17. The van der Waals surface area contributed by atoms with Gasteiger partial charge in [-0.3, -0.25) is 10.1 Å². The Hall–Kier alpha value is -2.11. The van der Waals surface area contributed by atoms with Gasteiger partial charge in [-0.05, 0) is 17.7 Å². The number of benzene rings is 1. The van der Waals surface area contributed by atoms with Crippen molar-refractivity contribution in [2.24, 2.45) is 0 Å². The number of hydrogen-bond acceptors (Lipinski definition) is 4. The average Bonchev–Trinajstić information content (AvgIpc) is 2.59. The maximum Gasteiger partial charge on any atom is 0.410 e. The first-order valence-electron chi connectivity index (χ1n) is 4.74. The van der Waals surface area contributed by atoms with Crippen molar-refractivity contribution in [1.29, 1.82) is 0 Å². The molecule has 1 unspecified atom stereocenters. The highest BCUT2D eigenvalue weighted by atomic mass is 16.6. The molecule has 1 aliphatic rings. The second kappa shape index (κ2) is 3.80. The molecule has 6 heteroatoms. The van der Waals surface area contributed by atoms with Gasteiger partial charge in [0.2, 0.25) is 0 Å². The van der Waals surface area contributed by atoms with Gasteiger partial charge in [0.25, 0.3) is 5.69 Å². The highest BCUT2D eigenvalue weighted by Gasteiger charge is 2.29. The van der Waals surface area contributed by atoms with Gasteiger partial charge >= 0.3 is 6.09 Å². The highest BCUT2D eigenvalue weighted by molar-refractivity contribution is 5.69. The Labute approximate surface area is 91.6 Å². The summed E-state index contributed by atoms with van der Waals surface area (Å²) in [6.07, 6.45) is -0.707. The number of nitrogens with zero attached hydrogens (tertiary/aromatic N) is 2. The molecule has 16 heavy (non-hydrogen) atoms. The topological polar surface area (TPSA) is 72.7 Å². The maximum atomic E-state index is 11.1. The molecule has 1 aromatic rings. The first kappa shape index (κ1) is 10.4. The van der Waals surface area contributed by atoms with Crippen molar-refractivity contribution in [1.82, 2.24) is 4.90 Å². The molecule has 84 valence electrons. The van der Waals surface area contributed by atoms with E-state index in [2.05, 4.69) is 0 Å². The second-order valence-corrected chi connectivity index (χ2v) is 3.60. The molecule has 0 aromatic heterocycles. The number of ether oxygens (including phenoxy) is 1. The van der Waals surface area contributed by atoms with E-state index in [0.29, 0.717) is 6.54 Å². The van der Waals surface area contributed by atoms with Crippen molar-refractivity contribution in [3.05, 3.63) is 39.9 Å². The fourth-order valence-electron chi connectivity index (χ4n) is 1.56.